The number of rotatable bonds is 6. The van der Waals surface area contributed by atoms with Crippen molar-refractivity contribution in [3.05, 3.63) is 194 Å². The number of fused-ring (bicyclic) bond motifs is 4. The lowest BCUT2D eigenvalue weighted by atomic mass is 9.98. The second-order valence-corrected chi connectivity index (χ2v) is 13.3. The van der Waals surface area contributed by atoms with Crippen LogP contribution in [-0.2, 0) is 0 Å². The number of para-hydroxylation sites is 1. The fraction of sp³-hybridized carbons (Fsp3) is 0. The van der Waals surface area contributed by atoms with Gasteiger partial charge in [0.2, 0.25) is 0 Å². The molecule has 0 amide bonds. The Kier molecular flexibility index (Phi) is 7.43. The zero-order valence-corrected chi connectivity index (χ0v) is 28.8. The van der Waals surface area contributed by atoms with Crippen LogP contribution in [0.1, 0.15) is 0 Å². The summed E-state index contributed by atoms with van der Waals surface area (Å²) in [5, 5.41) is 4.79. The molecule has 0 saturated heterocycles. The van der Waals surface area contributed by atoms with Gasteiger partial charge < -0.3 is 4.57 Å². The van der Waals surface area contributed by atoms with Crippen molar-refractivity contribution in [1.29, 1.82) is 0 Å². The molecule has 0 aliphatic rings. The monoisotopic (exact) mass is 676 g/mol. The van der Waals surface area contributed by atoms with Gasteiger partial charge in [0.1, 0.15) is 0 Å². The highest BCUT2D eigenvalue weighted by molar-refractivity contribution is 6.11. The van der Waals surface area contributed by atoms with Crippen molar-refractivity contribution < 1.29 is 0 Å². The topological polar surface area (TPSA) is 43.6 Å². The van der Waals surface area contributed by atoms with Gasteiger partial charge in [0, 0.05) is 32.8 Å². The van der Waals surface area contributed by atoms with Gasteiger partial charge in [-0.05, 0) is 51.9 Å². The molecule has 0 atom stereocenters. The normalized spacial score (nSPS) is 11.4. The molecule has 4 heteroatoms. The molecule has 0 saturated carbocycles. The highest BCUT2D eigenvalue weighted by atomic mass is 15.0. The van der Waals surface area contributed by atoms with Gasteiger partial charge in [0.05, 0.1) is 16.7 Å². The maximum absolute atomic E-state index is 5.14. The number of hydrogen-bond donors (Lipinski definition) is 0. The summed E-state index contributed by atoms with van der Waals surface area (Å²) in [5.41, 5.74) is 10.9. The molecule has 0 unspecified atom stereocenters. The van der Waals surface area contributed by atoms with E-state index in [-0.39, 0.29) is 0 Å². The van der Waals surface area contributed by atoms with Crippen LogP contribution in [0.25, 0.3) is 94.7 Å². The number of hydrogen-bond acceptors (Lipinski definition) is 3. The summed E-state index contributed by atoms with van der Waals surface area (Å²) in [6.45, 7) is 0. The molecular weight excluding hydrogens is 645 g/mol. The standard InChI is InChI=1S/C49H32N4/c1-3-13-33(14-4-1)38-19-11-20-39(31-38)34-25-27-37(28-26-34)48-50-47(36-16-5-2-6-17-36)51-49(52-48)40-29-30-43-42-22-9-10-23-45(42)53(46(43)32-40)44-24-12-18-35-15-7-8-21-41(35)44/h1-32H. The molecule has 0 aliphatic heterocycles. The van der Waals surface area contributed by atoms with Gasteiger partial charge in [-0.2, -0.15) is 0 Å². The molecule has 0 spiro atoms. The Balaban J connectivity index is 1.11. The van der Waals surface area contributed by atoms with Crippen molar-refractivity contribution in [2.24, 2.45) is 0 Å². The minimum Gasteiger partial charge on any atom is -0.309 e. The SMILES string of the molecule is c1ccc(-c2cccc(-c3ccc(-c4nc(-c5ccccc5)nc(-c5ccc6c7ccccc7n(-c7cccc8ccccc78)c6c5)n4)cc3)c2)cc1. The molecular formula is C49H32N4. The summed E-state index contributed by atoms with van der Waals surface area (Å²) in [6.07, 6.45) is 0. The van der Waals surface area contributed by atoms with Crippen molar-refractivity contribution in [2.45, 2.75) is 0 Å². The average Bonchev–Trinajstić information content (AvgIpc) is 3.57. The van der Waals surface area contributed by atoms with Crippen molar-refractivity contribution in [3.63, 3.8) is 0 Å². The zero-order valence-electron chi connectivity index (χ0n) is 28.8. The van der Waals surface area contributed by atoms with Crippen LogP contribution in [0.2, 0.25) is 0 Å². The number of benzene rings is 8. The maximum atomic E-state index is 5.14. The molecule has 0 N–H and O–H groups in total. The molecule has 10 aromatic rings. The van der Waals surface area contributed by atoms with Gasteiger partial charge >= 0.3 is 0 Å². The molecule has 0 fully saturated rings. The molecule has 53 heavy (non-hydrogen) atoms. The second-order valence-electron chi connectivity index (χ2n) is 13.3. The molecule has 2 aromatic heterocycles. The van der Waals surface area contributed by atoms with E-state index in [1.165, 1.54) is 32.7 Å². The first kappa shape index (κ1) is 30.6. The van der Waals surface area contributed by atoms with Crippen LogP contribution >= 0.6 is 0 Å². The molecule has 248 valence electrons. The fourth-order valence-corrected chi connectivity index (χ4v) is 7.44. The van der Waals surface area contributed by atoms with Crippen molar-refractivity contribution >= 4 is 32.6 Å². The molecule has 0 radical (unpaired) electrons. The first-order valence-corrected chi connectivity index (χ1v) is 17.9. The number of aromatic nitrogens is 4. The summed E-state index contributed by atoms with van der Waals surface area (Å²) in [7, 11) is 0. The van der Waals surface area contributed by atoms with E-state index in [1.54, 1.807) is 0 Å². The van der Waals surface area contributed by atoms with Crippen molar-refractivity contribution in [2.75, 3.05) is 0 Å². The molecule has 4 nitrogen and oxygen atoms in total. The fourth-order valence-electron chi connectivity index (χ4n) is 7.44. The van der Waals surface area contributed by atoms with Crippen LogP contribution in [-0.4, -0.2) is 19.5 Å². The third-order valence-corrected chi connectivity index (χ3v) is 10.1. The van der Waals surface area contributed by atoms with E-state index in [0.29, 0.717) is 17.5 Å². The summed E-state index contributed by atoms with van der Waals surface area (Å²) in [4.78, 5) is 15.2. The van der Waals surface area contributed by atoms with Crippen LogP contribution in [0.5, 0.6) is 0 Å². The van der Waals surface area contributed by atoms with E-state index < -0.39 is 0 Å². The second kappa shape index (κ2) is 12.9. The highest BCUT2D eigenvalue weighted by Gasteiger charge is 2.18. The first-order chi connectivity index (χ1) is 26.3. The Morgan fingerprint density at radius 2 is 0.755 bits per heavy atom. The minimum absolute atomic E-state index is 0.630. The zero-order chi connectivity index (χ0) is 35.1. The molecule has 10 rings (SSSR count). The van der Waals surface area contributed by atoms with Gasteiger partial charge in [0.15, 0.2) is 17.5 Å². The Bertz CT molecular complexity index is 2920. The van der Waals surface area contributed by atoms with Crippen LogP contribution in [0.4, 0.5) is 0 Å². The van der Waals surface area contributed by atoms with Gasteiger partial charge in [-0.15, -0.1) is 0 Å². The highest BCUT2D eigenvalue weighted by Crippen LogP contribution is 2.37. The van der Waals surface area contributed by atoms with Crippen LogP contribution in [0.15, 0.2) is 194 Å². The summed E-state index contributed by atoms with van der Waals surface area (Å²) in [6, 6.07) is 68.1. The Morgan fingerprint density at radius 1 is 0.283 bits per heavy atom. The first-order valence-electron chi connectivity index (χ1n) is 17.9. The van der Waals surface area contributed by atoms with E-state index in [4.69, 9.17) is 15.0 Å². The molecule has 2 heterocycles. The lowest BCUT2D eigenvalue weighted by Gasteiger charge is -2.12. The summed E-state index contributed by atoms with van der Waals surface area (Å²) >= 11 is 0. The third-order valence-electron chi connectivity index (χ3n) is 10.1. The predicted molar refractivity (Wildman–Crippen MR) is 219 cm³/mol. The van der Waals surface area contributed by atoms with Crippen LogP contribution in [0, 0.1) is 0 Å². The van der Waals surface area contributed by atoms with Crippen molar-refractivity contribution in [1.82, 2.24) is 19.5 Å². The van der Waals surface area contributed by atoms with Crippen molar-refractivity contribution in [3.8, 4) is 62.1 Å². The van der Waals surface area contributed by atoms with Gasteiger partial charge in [-0.3, -0.25) is 0 Å². The van der Waals surface area contributed by atoms with E-state index in [9.17, 15) is 0 Å². The van der Waals surface area contributed by atoms with Gasteiger partial charge in [0.25, 0.3) is 0 Å². The lowest BCUT2D eigenvalue weighted by Crippen LogP contribution is -2.00. The summed E-state index contributed by atoms with van der Waals surface area (Å²) < 4.78 is 2.38. The minimum atomic E-state index is 0.630. The Morgan fingerprint density at radius 3 is 1.49 bits per heavy atom. The van der Waals surface area contributed by atoms with Gasteiger partial charge in [-0.25, -0.2) is 15.0 Å². The van der Waals surface area contributed by atoms with E-state index >= 15 is 0 Å². The number of nitrogens with zero attached hydrogens (tertiary/aromatic N) is 4. The lowest BCUT2D eigenvalue weighted by molar-refractivity contribution is 1.07. The average molecular weight is 677 g/mol. The smallest absolute Gasteiger partial charge is 0.164 e. The summed E-state index contributed by atoms with van der Waals surface area (Å²) in [5.74, 6) is 1.90. The van der Waals surface area contributed by atoms with E-state index in [0.717, 1.165) is 44.5 Å². The predicted octanol–water partition coefficient (Wildman–Crippen LogP) is 12.5. The molecule has 8 aromatic carbocycles. The quantitative estimate of drug-likeness (QED) is 0.176. The van der Waals surface area contributed by atoms with Crippen LogP contribution in [0.3, 0.4) is 0 Å². The van der Waals surface area contributed by atoms with Crippen LogP contribution < -0.4 is 0 Å². The van der Waals surface area contributed by atoms with E-state index in [1.807, 2.05) is 36.4 Å². The van der Waals surface area contributed by atoms with E-state index in [2.05, 4.69) is 162 Å². The Hall–Kier alpha value is -7.17. The van der Waals surface area contributed by atoms with Gasteiger partial charge in [-0.1, -0.05) is 170 Å². The molecule has 0 bridgehead atoms. The Labute approximate surface area is 307 Å². The largest absolute Gasteiger partial charge is 0.309 e. The molecule has 0 aliphatic carbocycles. The maximum Gasteiger partial charge on any atom is 0.164 e. The third kappa shape index (κ3) is 5.54.